The summed E-state index contributed by atoms with van der Waals surface area (Å²) >= 11 is 6.05. The van der Waals surface area contributed by atoms with Crippen LogP contribution in [-0.4, -0.2) is 31.2 Å². The Morgan fingerprint density at radius 2 is 1.76 bits per heavy atom. The van der Waals surface area contributed by atoms with E-state index in [1.807, 2.05) is 0 Å². The number of benzene rings is 1. The predicted octanol–water partition coefficient (Wildman–Crippen LogP) is 2.80. The van der Waals surface area contributed by atoms with Gasteiger partial charge in [-0.2, -0.15) is 0 Å². The second kappa shape index (κ2) is 6.67. The zero-order chi connectivity index (χ0) is 16.2. The molecule has 7 heteroatoms. The lowest BCUT2D eigenvalue weighted by molar-refractivity contribution is -0.148. The molecule has 0 aromatic heterocycles. The number of methoxy groups -OCH3 is 2. The molecule has 0 fully saturated rings. The number of carbonyl (C=O) groups excluding carboxylic acids is 1. The standard InChI is InChI=1S/C14H18ClNO5/c1-14(2,13(18)19)7-12(17)16-9-6-11(21-4)10(20-3)5-8(9)15/h5-6H,7H2,1-4H3,(H,16,17)(H,18,19). The zero-order valence-corrected chi connectivity index (χ0v) is 13.1. The van der Waals surface area contributed by atoms with E-state index in [0.717, 1.165) is 0 Å². The SMILES string of the molecule is COc1cc(Cl)c(NC(=O)CC(C)(C)C(=O)O)cc1OC. The summed E-state index contributed by atoms with van der Waals surface area (Å²) in [6, 6.07) is 3.03. The predicted molar refractivity (Wildman–Crippen MR) is 79.2 cm³/mol. The highest BCUT2D eigenvalue weighted by molar-refractivity contribution is 6.34. The minimum Gasteiger partial charge on any atom is -0.493 e. The Morgan fingerprint density at radius 3 is 2.24 bits per heavy atom. The van der Waals surface area contributed by atoms with Gasteiger partial charge in [-0.1, -0.05) is 11.6 Å². The summed E-state index contributed by atoms with van der Waals surface area (Å²) in [5.74, 6) is -0.645. The van der Waals surface area contributed by atoms with Gasteiger partial charge in [-0.25, -0.2) is 0 Å². The maximum Gasteiger partial charge on any atom is 0.309 e. The minimum atomic E-state index is -1.16. The van der Waals surface area contributed by atoms with Gasteiger partial charge in [0.1, 0.15) is 0 Å². The van der Waals surface area contributed by atoms with Crippen molar-refractivity contribution in [3.63, 3.8) is 0 Å². The number of rotatable bonds is 6. The largest absolute Gasteiger partial charge is 0.493 e. The monoisotopic (exact) mass is 315 g/mol. The van der Waals surface area contributed by atoms with Crippen LogP contribution in [0.2, 0.25) is 5.02 Å². The second-order valence-electron chi connectivity index (χ2n) is 5.10. The molecule has 0 atom stereocenters. The average molecular weight is 316 g/mol. The lowest BCUT2D eigenvalue weighted by atomic mass is 9.89. The Kier molecular flexibility index (Phi) is 5.43. The van der Waals surface area contributed by atoms with E-state index in [4.69, 9.17) is 26.2 Å². The molecule has 116 valence electrons. The van der Waals surface area contributed by atoms with Gasteiger partial charge >= 0.3 is 5.97 Å². The minimum absolute atomic E-state index is 0.174. The third kappa shape index (κ3) is 4.26. The number of carbonyl (C=O) groups is 2. The molecule has 1 aromatic rings. The summed E-state index contributed by atoms with van der Waals surface area (Å²) in [4.78, 5) is 23.0. The molecule has 0 bridgehead atoms. The van der Waals surface area contributed by atoms with E-state index in [-0.39, 0.29) is 11.4 Å². The van der Waals surface area contributed by atoms with Crippen molar-refractivity contribution in [2.24, 2.45) is 5.41 Å². The molecule has 1 rings (SSSR count). The molecule has 0 saturated carbocycles. The van der Waals surface area contributed by atoms with Gasteiger partial charge in [0.15, 0.2) is 11.5 Å². The summed E-state index contributed by atoms with van der Waals surface area (Å²) in [5, 5.41) is 11.9. The zero-order valence-electron chi connectivity index (χ0n) is 12.3. The third-order valence-electron chi connectivity index (χ3n) is 2.93. The number of hydrogen-bond donors (Lipinski definition) is 2. The number of carboxylic acid groups (broad SMARTS) is 1. The van der Waals surface area contributed by atoms with Crippen LogP contribution in [-0.2, 0) is 9.59 Å². The maximum absolute atomic E-state index is 11.9. The number of anilines is 1. The normalized spacial score (nSPS) is 10.9. The van der Waals surface area contributed by atoms with Crippen LogP contribution in [0.3, 0.4) is 0 Å². The summed E-state index contributed by atoms with van der Waals surface area (Å²) in [6.07, 6.45) is -0.174. The van der Waals surface area contributed by atoms with E-state index in [2.05, 4.69) is 5.32 Å². The topological polar surface area (TPSA) is 84.9 Å². The smallest absolute Gasteiger partial charge is 0.309 e. The van der Waals surface area contributed by atoms with Crippen LogP contribution in [0.5, 0.6) is 11.5 Å². The van der Waals surface area contributed by atoms with E-state index < -0.39 is 17.3 Å². The van der Waals surface area contributed by atoms with Gasteiger partial charge in [0.25, 0.3) is 0 Å². The third-order valence-corrected chi connectivity index (χ3v) is 3.24. The first-order valence-electron chi connectivity index (χ1n) is 6.16. The lowest BCUT2D eigenvalue weighted by Gasteiger charge is -2.19. The van der Waals surface area contributed by atoms with Crippen molar-refractivity contribution in [2.45, 2.75) is 20.3 Å². The second-order valence-corrected chi connectivity index (χ2v) is 5.51. The Morgan fingerprint density at radius 1 is 1.24 bits per heavy atom. The molecular formula is C14H18ClNO5. The molecule has 0 radical (unpaired) electrons. The number of carboxylic acids is 1. The van der Waals surface area contributed by atoms with E-state index in [1.165, 1.54) is 40.2 Å². The first-order valence-corrected chi connectivity index (χ1v) is 6.54. The summed E-state index contributed by atoms with van der Waals surface area (Å²) < 4.78 is 10.2. The van der Waals surface area contributed by atoms with Crippen molar-refractivity contribution < 1.29 is 24.2 Å². The highest BCUT2D eigenvalue weighted by Crippen LogP contribution is 2.36. The van der Waals surface area contributed by atoms with Gasteiger partial charge in [-0.3, -0.25) is 9.59 Å². The molecule has 0 spiro atoms. The molecular weight excluding hydrogens is 298 g/mol. The van der Waals surface area contributed by atoms with Crippen LogP contribution in [0.15, 0.2) is 12.1 Å². The first kappa shape index (κ1) is 17.1. The van der Waals surface area contributed by atoms with Crippen molar-refractivity contribution in [1.29, 1.82) is 0 Å². The number of amides is 1. The molecule has 1 amide bonds. The van der Waals surface area contributed by atoms with Gasteiger partial charge in [0, 0.05) is 18.6 Å². The fourth-order valence-electron chi connectivity index (χ4n) is 1.62. The molecule has 0 aliphatic heterocycles. The van der Waals surface area contributed by atoms with Crippen molar-refractivity contribution in [1.82, 2.24) is 0 Å². The summed E-state index contributed by atoms with van der Waals surface area (Å²) in [6.45, 7) is 2.95. The van der Waals surface area contributed by atoms with Gasteiger partial charge in [0.2, 0.25) is 5.91 Å². The number of ether oxygens (including phenoxy) is 2. The van der Waals surface area contributed by atoms with Crippen molar-refractivity contribution in [2.75, 3.05) is 19.5 Å². The van der Waals surface area contributed by atoms with Crippen molar-refractivity contribution in [3.8, 4) is 11.5 Å². The number of halogens is 1. The number of hydrogen-bond acceptors (Lipinski definition) is 4. The Balaban J connectivity index is 2.93. The summed E-state index contributed by atoms with van der Waals surface area (Å²) in [7, 11) is 2.94. The van der Waals surface area contributed by atoms with Gasteiger partial charge < -0.3 is 19.9 Å². The lowest BCUT2D eigenvalue weighted by Crippen LogP contribution is -2.29. The molecule has 21 heavy (non-hydrogen) atoms. The van der Waals surface area contributed by atoms with E-state index in [9.17, 15) is 9.59 Å². The fraction of sp³-hybridized carbons (Fsp3) is 0.429. The molecule has 0 aliphatic rings. The Labute approximate surface area is 128 Å². The summed E-state index contributed by atoms with van der Waals surface area (Å²) in [5.41, 5.74) is -0.826. The van der Waals surface area contributed by atoms with Crippen molar-refractivity contribution in [3.05, 3.63) is 17.2 Å². The molecule has 0 saturated heterocycles. The fourth-order valence-corrected chi connectivity index (χ4v) is 1.82. The molecule has 0 unspecified atom stereocenters. The van der Waals surface area contributed by atoms with E-state index in [0.29, 0.717) is 17.2 Å². The Hall–Kier alpha value is -1.95. The molecule has 0 aliphatic carbocycles. The highest BCUT2D eigenvalue weighted by atomic mass is 35.5. The van der Waals surface area contributed by atoms with Crippen molar-refractivity contribution >= 4 is 29.2 Å². The van der Waals surface area contributed by atoms with Crippen LogP contribution in [0.4, 0.5) is 5.69 Å². The van der Waals surface area contributed by atoms with Gasteiger partial charge in [-0.05, 0) is 13.8 Å². The molecule has 0 heterocycles. The molecule has 1 aromatic carbocycles. The van der Waals surface area contributed by atoms with Crippen LogP contribution in [0.25, 0.3) is 0 Å². The van der Waals surface area contributed by atoms with Crippen LogP contribution in [0, 0.1) is 5.41 Å². The number of nitrogens with one attached hydrogen (secondary N) is 1. The first-order chi connectivity index (χ1) is 9.71. The molecule has 6 nitrogen and oxygen atoms in total. The van der Waals surface area contributed by atoms with E-state index in [1.54, 1.807) is 0 Å². The average Bonchev–Trinajstić information content (AvgIpc) is 2.39. The van der Waals surface area contributed by atoms with Crippen LogP contribution in [0.1, 0.15) is 20.3 Å². The van der Waals surface area contributed by atoms with Gasteiger partial charge in [-0.15, -0.1) is 0 Å². The van der Waals surface area contributed by atoms with Crippen LogP contribution < -0.4 is 14.8 Å². The molecule has 2 N–H and O–H groups in total. The highest BCUT2D eigenvalue weighted by Gasteiger charge is 2.30. The Bertz CT molecular complexity index is 557. The number of aliphatic carboxylic acids is 1. The maximum atomic E-state index is 11.9. The quantitative estimate of drug-likeness (QED) is 0.843. The van der Waals surface area contributed by atoms with E-state index >= 15 is 0 Å². The van der Waals surface area contributed by atoms with Crippen LogP contribution >= 0.6 is 11.6 Å². The van der Waals surface area contributed by atoms with Gasteiger partial charge in [0.05, 0.1) is 30.3 Å².